The van der Waals surface area contributed by atoms with Gasteiger partial charge >= 0.3 is 5.97 Å². The van der Waals surface area contributed by atoms with Crippen LogP contribution in [0.2, 0.25) is 10.0 Å². The number of carbonyl (C=O) groups excluding carboxylic acids is 1. The van der Waals surface area contributed by atoms with Crippen molar-refractivity contribution in [1.29, 1.82) is 0 Å². The number of aliphatic carboxylic acids is 1. The van der Waals surface area contributed by atoms with Crippen LogP contribution in [0.25, 0.3) is 11.1 Å². The lowest BCUT2D eigenvalue weighted by molar-refractivity contribution is -0.139. The molecule has 0 unspecified atom stereocenters. The van der Waals surface area contributed by atoms with Gasteiger partial charge in [0.25, 0.3) is 5.91 Å². The van der Waals surface area contributed by atoms with Crippen molar-refractivity contribution < 1.29 is 33.6 Å². The Kier molecular flexibility index (Phi) is 8.20. The average molecular weight is 532 g/mol. The second-order valence-corrected chi connectivity index (χ2v) is 8.69. The molecule has 0 bridgehead atoms. The Morgan fingerprint density at radius 1 is 1.03 bits per heavy atom. The molecule has 10 heteroatoms. The van der Waals surface area contributed by atoms with Gasteiger partial charge in [0.15, 0.2) is 11.5 Å². The summed E-state index contributed by atoms with van der Waals surface area (Å²) in [6, 6.07) is 14.3. The molecule has 8 nitrogen and oxygen atoms in total. The standard InChI is InChI=1S/C26H23Cl2NO7/c1-33-11-12-34-20-9-10-21-24(36-14-35-21)22(20)16-7-5-15(6-8-16)13-19(26(31)32)29-25(30)23-17(27)3-2-4-18(23)28/h2-10,19H,11-14H2,1H3,(H,29,30)(H,31,32)/t19-/m0/s1. The van der Waals surface area contributed by atoms with Crippen LogP contribution < -0.4 is 19.5 Å². The van der Waals surface area contributed by atoms with Crippen molar-refractivity contribution in [3.63, 3.8) is 0 Å². The third-order valence-corrected chi connectivity index (χ3v) is 6.15. The number of ether oxygens (including phenoxy) is 4. The summed E-state index contributed by atoms with van der Waals surface area (Å²) in [6.45, 7) is 0.891. The van der Waals surface area contributed by atoms with Crippen molar-refractivity contribution in [3.8, 4) is 28.4 Å². The van der Waals surface area contributed by atoms with Gasteiger partial charge in [-0.2, -0.15) is 0 Å². The van der Waals surface area contributed by atoms with Gasteiger partial charge in [0, 0.05) is 13.5 Å². The Morgan fingerprint density at radius 2 is 1.75 bits per heavy atom. The van der Waals surface area contributed by atoms with Crippen LogP contribution in [0, 0.1) is 0 Å². The molecule has 0 aromatic heterocycles. The molecule has 0 saturated carbocycles. The van der Waals surface area contributed by atoms with Gasteiger partial charge in [0.1, 0.15) is 18.4 Å². The van der Waals surface area contributed by atoms with Crippen molar-refractivity contribution in [2.75, 3.05) is 27.1 Å². The molecule has 0 saturated heterocycles. The van der Waals surface area contributed by atoms with Gasteiger partial charge in [-0.15, -0.1) is 0 Å². The first-order chi connectivity index (χ1) is 17.4. The first kappa shape index (κ1) is 25.6. The number of carboxylic acid groups (broad SMARTS) is 1. The van der Waals surface area contributed by atoms with Gasteiger partial charge < -0.3 is 29.4 Å². The molecule has 1 amide bonds. The zero-order valence-corrected chi connectivity index (χ0v) is 20.8. The van der Waals surface area contributed by atoms with Crippen molar-refractivity contribution in [1.82, 2.24) is 5.32 Å². The molecular formula is C26H23Cl2NO7. The van der Waals surface area contributed by atoms with E-state index in [1.807, 2.05) is 18.2 Å². The summed E-state index contributed by atoms with van der Waals surface area (Å²) in [5, 5.41) is 12.5. The predicted octanol–water partition coefficient (Wildman–Crippen LogP) is 4.84. The number of halogens is 2. The van der Waals surface area contributed by atoms with E-state index in [1.54, 1.807) is 31.4 Å². The maximum absolute atomic E-state index is 12.7. The normalized spacial score (nSPS) is 12.8. The predicted molar refractivity (Wildman–Crippen MR) is 134 cm³/mol. The fourth-order valence-electron chi connectivity index (χ4n) is 3.77. The van der Waals surface area contributed by atoms with Crippen LogP contribution >= 0.6 is 23.2 Å². The van der Waals surface area contributed by atoms with Crippen LogP contribution in [0.15, 0.2) is 54.6 Å². The minimum Gasteiger partial charge on any atom is -0.490 e. The number of fused-ring (bicyclic) bond motifs is 1. The van der Waals surface area contributed by atoms with Crippen molar-refractivity contribution in [3.05, 3.63) is 75.8 Å². The highest BCUT2D eigenvalue weighted by Crippen LogP contribution is 2.47. The minimum absolute atomic E-state index is 0.0311. The maximum atomic E-state index is 12.7. The Bertz CT molecular complexity index is 1240. The molecule has 1 aliphatic rings. The van der Waals surface area contributed by atoms with E-state index in [0.29, 0.717) is 36.0 Å². The van der Waals surface area contributed by atoms with Gasteiger partial charge in [-0.3, -0.25) is 4.79 Å². The molecule has 2 N–H and O–H groups in total. The second kappa shape index (κ2) is 11.5. The van der Waals surface area contributed by atoms with Crippen LogP contribution in [-0.2, 0) is 16.0 Å². The topological polar surface area (TPSA) is 103 Å². The van der Waals surface area contributed by atoms with E-state index in [1.165, 1.54) is 12.1 Å². The maximum Gasteiger partial charge on any atom is 0.326 e. The second-order valence-electron chi connectivity index (χ2n) is 7.88. The fourth-order valence-corrected chi connectivity index (χ4v) is 4.34. The number of rotatable bonds is 10. The van der Waals surface area contributed by atoms with E-state index in [4.69, 9.17) is 42.1 Å². The molecule has 0 fully saturated rings. The van der Waals surface area contributed by atoms with Crippen LogP contribution in [0.4, 0.5) is 0 Å². The van der Waals surface area contributed by atoms with Gasteiger partial charge in [-0.05, 0) is 35.4 Å². The van der Waals surface area contributed by atoms with Crippen LogP contribution in [0.1, 0.15) is 15.9 Å². The van der Waals surface area contributed by atoms with Crippen LogP contribution in [0.3, 0.4) is 0 Å². The number of benzene rings is 3. The minimum atomic E-state index is -1.19. The zero-order valence-electron chi connectivity index (χ0n) is 19.3. The monoisotopic (exact) mass is 531 g/mol. The number of carbonyl (C=O) groups is 2. The van der Waals surface area contributed by atoms with E-state index in [9.17, 15) is 14.7 Å². The zero-order chi connectivity index (χ0) is 25.7. The molecule has 1 aliphatic heterocycles. The third-order valence-electron chi connectivity index (χ3n) is 5.52. The molecule has 3 aromatic rings. The van der Waals surface area contributed by atoms with E-state index in [-0.39, 0.29) is 28.8 Å². The third kappa shape index (κ3) is 5.67. The lowest BCUT2D eigenvalue weighted by Gasteiger charge is -2.17. The van der Waals surface area contributed by atoms with Crippen LogP contribution in [0.5, 0.6) is 17.2 Å². The molecule has 0 radical (unpaired) electrons. The highest BCUT2D eigenvalue weighted by molar-refractivity contribution is 6.39. The van der Waals surface area contributed by atoms with E-state index >= 15 is 0 Å². The van der Waals surface area contributed by atoms with Gasteiger partial charge in [-0.25, -0.2) is 4.79 Å². The summed E-state index contributed by atoms with van der Waals surface area (Å²) in [5.74, 6) is -0.0540. The van der Waals surface area contributed by atoms with E-state index < -0.39 is 17.9 Å². The van der Waals surface area contributed by atoms with Gasteiger partial charge in [0.05, 0.1) is 27.8 Å². The molecule has 1 heterocycles. The molecule has 0 aliphatic carbocycles. The average Bonchev–Trinajstić information content (AvgIpc) is 3.33. The van der Waals surface area contributed by atoms with Gasteiger partial charge in [-0.1, -0.05) is 53.5 Å². The summed E-state index contributed by atoms with van der Waals surface area (Å²) < 4.78 is 22.1. The Hall–Kier alpha value is -3.46. The molecule has 188 valence electrons. The lowest BCUT2D eigenvalue weighted by Crippen LogP contribution is -2.42. The van der Waals surface area contributed by atoms with Crippen LogP contribution in [-0.4, -0.2) is 50.1 Å². The molecule has 1 atom stereocenters. The summed E-state index contributed by atoms with van der Waals surface area (Å²) in [5.41, 5.74) is 2.25. The van der Waals surface area contributed by atoms with Gasteiger partial charge in [0.2, 0.25) is 6.79 Å². The first-order valence-corrected chi connectivity index (χ1v) is 11.8. The quantitative estimate of drug-likeness (QED) is 0.360. The SMILES string of the molecule is COCCOc1ccc2c(c1-c1ccc(C[C@H](NC(=O)c3c(Cl)cccc3Cl)C(=O)O)cc1)OCO2. The number of hydrogen-bond acceptors (Lipinski definition) is 6. The number of nitrogens with one attached hydrogen (secondary N) is 1. The molecule has 4 rings (SSSR count). The van der Waals surface area contributed by atoms with E-state index in [2.05, 4.69) is 5.32 Å². The number of carboxylic acids is 1. The van der Waals surface area contributed by atoms with E-state index in [0.717, 1.165) is 11.1 Å². The fraction of sp³-hybridized carbons (Fsp3) is 0.231. The number of amides is 1. The number of hydrogen-bond donors (Lipinski definition) is 2. The first-order valence-electron chi connectivity index (χ1n) is 11.0. The summed E-state index contributed by atoms with van der Waals surface area (Å²) in [7, 11) is 1.60. The summed E-state index contributed by atoms with van der Waals surface area (Å²) >= 11 is 12.2. The molecule has 0 spiro atoms. The van der Waals surface area contributed by atoms with Crippen molar-refractivity contribution in [2.24, 2.45) is 0 Å². The van der Waals surface area contributed by atoms with Crippen molar-refractivity contribution in [2.45, 2.75) is 12.5 Å². The number of methoxy groups -OCH3 is 1. The highest BCUT2D eigenvalue weighted by Gasteiger charge is 2.25. The molecule has 3 aromatic carbocycles. The Balaban J connectivity index is 1.54. The lowest BCUT2D eigenvalue weighted by atomic mass is 9.98. The Morgan fingerprint density at radius 3 is 2.42 bits per heavy atom. The summed E-state index contributed by atoms with van der Waals surface area (Å²) in [6.07, 6.45) is 0.0487. The molecular weight excluding hydrogens is 509 g/mol. The Labute approximate surface area is 217 Å². The largest absolute Gasteiger partial charge is 0.490 e. The smallest absolute Gasteiger partial charge is 0.326 e. The highest BCUT2D eigenvalue weighted by atomic mass is 35.5. The van der Waals surface area contributed by atoms with Crippen molar-refractivity contribution >= 4 is 35.1 Å². The molecule has 36 heavy (non-hydrogen) atoms. The summed E-state index contributed by atoms with van der Waals surface area (Å²) in [4.78, 5) is 24.6.